The molecule has 0 aliphatic heterocycles. The molecule has 0 aliphatic rings. The molecule has 1 heterocycles. The minimum atomic E-state index is -0.367. The summed E-state index contributed by atoms with van der Waals surface area (Å²) in [4.78, 5) is 22.7. The Morgan fingerprint density at radius 1 is 1.09 bits per heavy atom. The van der Waals surface area contributed by atoms with E-state index in [1.165, 1.54) is 6.92 Å². The van der Waals surface area contributed by atoms with Gasteiger partial charge in [-0.2, -0.15) is 9.67 Å². The second-order valence-electron chi connectivity index (χ2n) is 4.90. The Morgan fingerprint density at radius 2 is 1.74 bits per heavy atom. The minimum absolute atomic E-state index is 0.197. The highest BCUT2D eigenvalue weighted by Gasteiger charge is 2.07. The van der Waals surface area contributed by atoms with E-state index in [-0.39, 0.29) is 18.4 Å². The molecule has 0 radical (unpaired) electrons. The van der Waals surface area contributed by atoms with Gasteiger partial charge in [-0.25, -0.2) is 5.43 Å². The summed E-state index contributed by atoms with van der Waals surface area (Å²) >= 11 is 0. The third-order valence-corrected chi connectivity index (χ3v) is 2.99. The molecular weight excluding hydrogens is 294 g/mol. The second kappa shape index (κ2) is 7.84. The molecule has 23 heavy (non-hydrogen) atoms. The number of nitrogens with one attached hydrogen (secondary N) is 1. The first-order valence-electron chi connectivity index (χ1n) is 7.10. The van der Waals surface area contributed by atoms with Crippen LogP contribution in [0.5, 0.6) is 5.75 Å². The van der Waals surface area contributed by atoms with Gasteiger partial charge in [0, 0.05) is 19.1 Å². The zero-order chi connectivity index (χ0) is 16.7. The van der Waals surface area contributed by atoms with Gasteiger partial charge in [0.2, 0.25) is 6.54 Å². The lowest BCUT2D eigenvalue weighted by Gasteiger charge is -2.04. The van der Waals surface area contributed by atoms with Gasteiger partial charge in [0.1, 0.15) is 5.75 Å². The van der Waals surface area contributed by atoms with Gasteiger partial charge >= 0.3 is 11.9 Å². The average molecular weight is 312 g/mol. The number of aromatic nitrogens is 1. The molecule has 0 atom stereocenters. The number of amides is 1. The van der Waals surface area contributed by atoms with Crippen LogP contribution in [0.25, 0.3) is 0 Å². The molecular formula is C17H18N3O3+. The van der Waals surface area contributed by atoms with E-state index in [1.54, 1.807) is 35.8 Å². The molecule has 1 N–H and O–H groups in total. The van der Waals surface area contributed by atoms with Crippen molar-refractivity contribution in [2.24, 2.45) is 5.10 Å². The fourth-order valence-electron chi connectivity index (χ4n) is 1.88. The number of ether oxygens (including phenoxy) is 1. The van der Waals surface area contributed by atoms with Gasteiger partial charge in [-0.15, -0.1) is 0 Å². The monoisotopic (exact) mass is 312 g/mol. The Labute approximate surface area is 134 Å². The number of benzene rings is 1. The molecule has 6 nitrogen and oxygen atoms in total. The number of esters is 1. The standard InChI is InChI=1S/C17H17N3O3/c1-13(15-6-8-16(9-7-15)23-14(2)21)18-19-17(22)12-20-10-4-3-5-11-20/h3-11H,12H2,1-2H3/p+1. The molecule has 2 aromatic rings. The first-order chi connectivity index (χ1) is 11.0. The largest absolute Gasteiger partial charge is 0.427 e. The third kappa shape index (κ3) is 5.35. The number of carbonyl (C=O) groups is 2. The molecule has 1 amide bonds. The van der Waals surface area contributed by atoms with Crippen molar-refractivity contribution in [3.63, 3.8) is 0 Å². The molecule has 0 saturated carbocycles. The quantitative estimate of drug-likeness (QED) is 0.298. The lowest BCUT2D eigenvalue weighted by atomic mass is 10.1. The fourth-order valence-corrected chi connectivity index (χ4v) is 1.88. The predicted octanol–water partition coefficient (Wildman–Crippen LogP) is 1.44. The highest BCUT2D eigenvalue weighted by molar-refractivity contribution is 5.99. The first-order valence-corrected chi connectivity index (χ1v) is 7.10. The molecule has 0 saturated heterocycles. The summed E-state index contributed by atoms with van der Waals surface area (Å²) in [5, 5.41) is 4.08. The summed E-state index contributed by atoms with van der Waals surface area (Å²) in [6.07, 6.45) is 3.62. The summed E-state index contributed by atoms with van der Waals surface area (Å²) in [5.41, 5.74) is 4.00. The smallest absolute Gasteiger partial charge is 0.308 e. The van der Waals surface area contributed by atoms with E-state index in [9.17, 15) is 9.59 Å². The van der Waals surface area contributed by atoms with Crippen LogP contribution in [0.15, 0.2) is 60.0 Å². The van der Waals surface area contributed by atoms with Gasteiger partial charge in [-0.05, 0) is 36.8 Å². The number of hydrogen-bond donors (Lipinski definition) is 1. The van der Waals surface area contributed by atoms with Gasteiger partial charge in [-0.3, -0.25) is 9.59 Å². The number of carbonyl (C=O) groups excluding carboxylic acids is 2. The Balaban J connectivity index is 1.94. The van der Waals surface area contributed by atoms with Crippen molar-refractivity contribution in [1.29, 1.82) is 0 Å². The summed E-state index contributed by atoms with van der Waals surface area (Å²) < 4.78 is 6.72. The summed E-state index contributed by atoms with van der Waals surface area (Å²) in [6, 6.07) is 12.5. The predicted molar refractivity (Wildman–Crippen MR) is 84.7 cm³/mol. The maximum absolute atomic E-state index is 11.8. The molecule has 6 heteroatoms. The SMILES string of the molecule is CC(=O)Oc1ccc(C(C)=NNC(=O)C[n+]2ccccc2)cc1. The maximum atomic E-state index is 11.8. The van der Waals surface area contributed by atoms with E-state index < -0.39 is 0 Å². The highest BCUT2D eigenvalue weighted by Crippen LogP contribution is 2.12. The van der Waals surface area contributed by atoms with Crippen LogP contribution in [-0.4, -0.2) is 17.6 Å². The number of hydrazone groups is 1. The van der Waals surface area contributed by atoms with Crippen LogP contribution in [0, 0.1) is 0 Å². The van der Waals surface area contributed by atoms with Crippen LogP contribution < -0.4 is 14.7 Å². The highest BCUT2D eigenvalue weighted by atomic mass is 16.5. The van der Waals surface area contributed by atoms with Crippen LogP contribution >= 0.6 is 0 Å². The lowest BCUT2D eigenvalue weighted by Crippen LogP contribution is -2.41. The van der Waals surface area contributed by atoms with Crippen molar-refractivity contribution in [1.82, 2.24) is 5.43 Å². The lowest BCUT2D eigenvalue weighted by molar-refractivity contribution is -0.684. The summed E-state index contributed by atoms with van der Waals surface area (Å²) in [6.45, 7) is 3.33. The van der Waals surface area contributed by atoms with E-state index in [2.05, 4.69) is 10.5 Å². The second-order valence-corrected chi connectivity index (χ2v) is 4.90. The topological polar surface area (TPSA) is 71.6 Å². The maximum Gasteiger partial charge on any atom is 0.308 e. The van der Waals surface area contributed by atoms with Crippen molar-refractivity contribution >= 4 is 17.6 Å². The van der Waals surface area contributed by atoms with Crippen LogP contribution in [-0.2, 0) is 16.1 Å². The molecule has 0 fully saturated rings. The number of nitrogens with zero attached hydrogens (tertiary/aromatic N) is 2. The first kappa shape index (κ1) is 16.4. The molecule has 0 bridgehead atoms. The molecule has 0 unspecified atom stereocenters. The van der Waals surface area contributed by atoms with Crippen molar-refractivity contribution in [3.05, 3.63) is 60.4 Å². The van der Waals surface area contributed by atoms with Gasteiger partial charge in [-0.1, -0.05) is 6.07 Å². The van der Waals surface area contributed by atoms with Gasteiger partial charge in [0.25, 0.3) is 0 Å². The molecule has 1 aromatic heterocycles. The zero-order valence-corrected chi connectivity index (χ0v) is 13.0. The van der Waals surface area contributed by atoms with E-state index in [0.717, 1.165) is 5.56 Å². The minimum Gasteiger partial charge on any atom is -0.427 e. The third-order valence-electron chi connectivity index (χ3n) is 2.99. The number of rotatable bonds is 5. The fraction of sp³-hybridized carbons (Fsp3) is 0.176. The van der Waals surface area contributed by atoms with Crippen LogP contribution in [0.3, 0.4) is 0 Å². The summed E-state index contributed by atoms with van der Waals surface area (Å²) in [5.74, 6) is -0.107. The molecule has 0 spiro atoms. The van der Waals surface area contributed by atoms with E-state index in [1.807, 2.05) is 30.6 Å². The van der Waals surface area contributed by atoms with E-state index in [0.29, 0.717) is 11.5 Å². The van der Waals surface area contributed by atoms with Gasteiger partial charge in [0.05, 0.1) is 5.71 Å². The van der Waals surface area contributed by atoms with Gasteiger partial charge in [0.15, 0.2) is 12.4 Å². The molecule has 2 rings (SSSR count). The van der Waals surface area contributed by atoms with Crippen molar-refractivity contribution in [3.8, 4) is 5.75 Å². The van der Waals surface area contributed by atoms with Crippen molar-refractivity contribution in [2.75, 3.05) is 0 Å². The van der Waals surface area contributed by atoms with Crippen LogP contribution in [0.1, 0.15) is 19.4 Å². The number of pyridine rings is 1. The van der Waals surface area contributed by atoms with Crippen LogP contribution in [0.4, 0.5) is 0 Å². The average Bonchev–Trinajstić information content (AvgIpc) is 2.54. The normalized spacial score (nSPS) is 11.0. The Bertz CT molecular complexity index is 710. The molecule has 1 aromatic carbocycles. The van der Waals surface area contributed by atoms with Crippen molar-refractivity contribution < 1.29 is 18.9 Å². The Morgan fingerprint density at radius 3 is 2.35 bits per heavy atom. The zero-order valence-electron chi connectivity index (χ0n) is 13.0. The van der Waals surface area contributed by atoms with Crippen molar-refractivity contribution in [2.45, 2.75) is 20.4 Å². The van der Waals surface area contributed by atoms with Gasteiger partial charge < -0.3 is 4.74 Å². The molecule has 0 aliphatic carbocycles. The van der Waals surface area contributed by atoms with Crippen LogP contribution in [0.2, 0.25) is 0 Å². The summed E-state index contributed by atoms with van der Waals surface area (Å²) in [7, 11) is 0. The molecule has 118 valence electrons. The number of hydrogen-bond acceptors (Lipinski definition) is 4. The van der Waals surface area contributed by atoms with E-state index in [4.69, 9.17) is 4.74 Å². The van der Waals surface area contributed by atoms with E-state index >= 15 is 0 Å². The Kier molecular flexibility index (Phi) is 5.57. The Hall–Kier alpha value is -3.02.